The molecule has 6 heteroatoms. The third kappa shape index (κ3) is 16.3. The summed E-state index contributed by atoms with van der Waals surface area (Å²) in [7, 11) is 0. The molecule has 0 radical (unpaired) electrons. The van der Waals surface area contributed by atoms with Crippen molar-refractivity contribution < 1.29 is 28.5 Å². The Balaban J connectivity index is 1.37. The van der Waals surface area contributed by atoms with Gasteiger partial charge in [-0.3, -0.25) is 0 Å². The summed E-state index contributed by atoms with van der Waals surface area (Å²) in [5.74, 6) is 14.1. The number of hydrogen-bond donors (Lipinski definition) is 0. The molecule has 6 nitrogen and oxygen atoms in total. The van der Waals surface area contributed by atoms with E-state index in [9.17, 15) is 9.59 Å². The van der Waals surface area contributed by atoms with Gasteiger partial charge in [0.15, 0.2) is 0 Å². The molecule has 3 rings (SSSR count). The van der Waals surface area contributed by atoms with Crippen molar-refractivity contribution in [2.45, 2.75) is 77.6 Å². The van der Waals surface area contributed by atoms with Gasteiger partial charge in [-0.25, -0.2) is 9.59 Å². The monoisotopic (exact) mass is 674 g/mol. The fourth-order valence-corrected chi connectivity index (χ4v) is 4.95. The lowest BCUT2D eigenvalue weighted by atomic mass is 10.0. The van der Waals surface area contributed by atoms with Crippen LogP contribution < -0.4 is 9.47 Å². The van der Waals surface area contributed by atoms with E-state index in [1.807, 2.05) is 54.6 Å². The fraction of sp³-hybridized carbons (Fsp3) is 0.364. The summed E-state index contributed by atoms with van der Waals surface area (Å²) in [5, 5.41) is 0. The highest BCUT2D eigenvalue weighted by Gasteiger charge is 2.02. The number of carbonyl (C=O) groups excluding carboxylic acids is 2. The predicted molar refractivity (Wildman–Crippen MR) is 200 cm³/mol. The van der Waals surface area contributed by atoms with Gasteiger partial charge in [-0.2, -0.15) is 0 Å². The third-order valence-corrected chi connectivity index (χ3v) is 7.82. The van der Waals surface area contributed by atoms with Gasteiger partial charge >= 0.3 is 11.9 Å². The molecule has 0 unspecified atom stereocenters. The molecule has 0 aliphatic heterocycles. The van der Waals surface area contributed by atoms with E-state index in [1.54, 1.807) is 0 Å². The van der Waals surface area contributed by atoms with E-state index in [0.717, 1.165) is 104 Å². The molecule has 0 fully saturated rings. The molecule has 0 aliphatic rings. The molecule has 0 bridgehead atoms. The van der Waals surface area contributed by atoms with Gasteiger partial charge in [0, 0.05) is 34.4 Å². The average Bonchev–Trinajstić information content (AvgIpc) is 3.15. The van der Waals surface area contributed by atoms with Crippen LogP contribution in [0.5, 0.6) is 11.5 Å². The van der Waals surface area contributed by atoms with Crippen LogP contribution in [0.25, 0.3) is 0 Å². The smallest absolute Gasteiger partial charge is 0.330 e. The third-order valence-electron chi connectivity index (χ3n) is 7.82. The maximum atomic E-state index is 11.0. The van der Waals surface area contributed by atoms with Crippen LogP contribution in [0.4, 0.5) is 0 Å². The van der Waals surface area contributed by atoms with Crippen LogP contribution in [0.1, 0.15) is 98.9 Å². The molecule has 0 amide bonds. The van der Waals surface area contributed by atoms with Crippen molar-refractivity contribution in [1.29, 1.82) is 0 Å². The second-order valence-electron chi connectivity index (χ2n) is 11.7. The predicted octanol–water partition coefficient (Wildman–Crippen LogP) is 9.17. The normalized spacial score (nSPS) is 10.1. The number of benzene rings is 3. The topological polar surface area (TPSA) is 71.1 Å². The Morgan fingerprint density at radius 3 is 1.40 bits per heavy atom. The second-order valence-corrected chi connectivity index (χ2v) is 11.7. The number of hydrogen-bond acceptors (Lipinski definition) is 6. The van der Waals surface area contributed by atoms with Gasteiger partial charge in [-0.15, -0.1) is 0 Å². The van der Waals surface area contributed by atoms with Crippen molar-refractivity contribution in [2.75, 3.05) is 26.4 Å². The number of esters is 2. The van der Waals surface area contributed by atoms with Crippen molar-refractivity contribution in [2.24, 2.45) is 0 Å². The molecular weight excluding hydrogens is 624 g/mol. The maximum absolute atomic E-state index is 11.0. The molecule has 0 saturated carbocycles. The van der Waals surface area contributed by atoms with Gasteiger partial charge < -0.3 is 18.9 Å². The molecule has 0 spiro atoms. The summed E-state index contributed by atoms with van der Waals surface area (Å²) in [4.78, 5) is 22.1. The number of carbonyl (C=O) groups is 2. The Morgan fingerprint density at radius 2 is 0.940 bits per heavy atom. The highest BCUT2D eigenvalue weighted by Crippen LogP contribution is 2.16. The first-order valence-electron chi connectivity index (χ1n) is 17.7. The van der Waals surface area contributed by atoms with Gasteiger partial charge in [0.1, 0.15) is 11.5 Å². The standard InChI is InChI=1S/C44H50O6/c1-4-39-35-38(18-17-36-21-27-41(28-22-36)47-31-13-9-7-8-10-15-33-49-43(45)5-2)20-26-40(39)25-19-37-23-29-42(30-24-37)48-32-14-11-12-16-34-50-44(46)6-3/h5-6,20-24,26-30,35H,2-4,7-16,31-34H2,1H3. The highest BCUT2D eigenvalue weighted by atomic mass is 16.5. The quantitative estimate of drug-likeness (QED) is 0.0486. The minimum Gasteiger partial charge on any atom is -0.494 e. The zero-order chi connectivity index (χ0) is 35.7. The van der Waals surface area contributed by atoms with Gasteiger partial charge in [0.25, 0.3) is 0 Å². The Bertz CT molecular complexity index is 1610. The average molecular weight is 675 g/mol. The zero-order valence-electron chi connectivity index (χ0n) is 29.5. The molecule has 0 aromatic heterocycles. The SMILES string of the molecule is C=CC(=O)OCCCCCCCCOc1ccc(C#Cc2ccc(C#Cc3ccc(OCCCCCCOC(=O)C=C)cc3)c(CC)c2)cc1. The van der Waals surface area contributed by atoms with Crippen molar-refractivity contribution in [3.05, 3.63) is 120 Å². The van der Waals surface area contributed by atoms with Gasteiger partial charge in [0.05, 0.1) is 26.4 Å². The Morgan fingerprint density at radius 1 is 0.540 bits per heavy atom. The first-order chi connectivity index (χ1) is 24.5. The van der Waals surface area contributed by atoms with Crippen molar-refractivity contribution in [3.63, 3.8) is 0 Å². The van der Waals surface area contributed by atoms with Crippen molar-refractivity contribution in [3.8, 4) is 35.2 Å². The number of rotatable bonds is 21. The second kappa shape index (κ2) is 24.0. The summed E-state index contributed by atoms with van der Waals surface area (Å²) in [6.07, 6.45) is 13.4. The zero-order valence-corrected chi connectivity index (χ0v) is 29.5. The number of aryl methyl sites for hydroxylation is 1. The highest BCUT2D eigenvalue weighted by molar-refractivity contribution is 5.81. The summed E-state index contributed by atoms with van der Waals surface area (Å²) >= 11 is 0. The van der Waals surface area contributed by atoms with Crippen molar-refractivity contribution in [1.82, 2.24) is 0 Å². The molecule has 262 valence electrons. The molecular formula is C44H50O6. The molecule has 0 aliphatic carbocycles. The minimum atomic E-state index is -0.369. The van der Waals surface area contributed by atoms with Crippen LogP contribution in [0.15, 0.2) is 92.0 Å². The maximum Gasteiger partial charge on any atom is 0.330 e. The number of unbranched alkanes of at least 4 members (excludes halogenated alkanes) is 8. The molecule has 3 aromatic rings. The lowest BCUT2D eigenvalue weighted by Gasteiger charge is -2.06. The van der Waals surface area contributed by atoms with Gasteiger partial charge in [-0.05, 0) is 117 Å². The summed E-state index contributed by atoms with van der Waals surface area (Å²) < 4.78 is 21.7. The van der Waals surface area contributed by atoms with E-state index in [2.05, 4.69) is 55.9 Å². The van der Waals surface area contributed by atoms with E-state index in [1.165, 1.54) is 17.7 Å². The van der Waals surface area contributed by atoms with E-state index in [4.69, 9.17) is 18.9 Å². The molecule has 0 heterocycles. The summed E-state index contributed by atoms with van der Waals surface area (Å²) in [6.45, 7) is 11.2. The molecule has 3 aromatic carbocycles. The lowest BCUT2D eigenvalue weighted by Crippen LogP contribution is -2.02. The fourth-order valence-electron chi connectivity index (χ4n) is 4.95. The molecule has 50 heavy (non-hydrogen) atoms. The molecule has 0 saturated heterocycles. The van der Waals surface area contributed by atoms with Crippen LogP contribution in [0.3, 0.4) is 0 Å². The van der Waals surface area contributed by atoms with Crippen LogP contribution in [0, 0.1) is 23.7 Å². The van der Waals surface area contributed by atoms with Crippen molar-refractivity contribution >= 4 is 11.9 Å². The van der Waals surface area contributed by atoms with E-state index >= 15 is 0 Å². The summed E-state index contributed by atoms with van der Waals surface area (Å²) in [6, 6.07) is 22.0. The minimum absolute atomic E-state index is 0.351. The van der Waals surface area contributed by atoms with Crippen LogP contribution in [-0.2, 0) is 25.5 Å². The summed E-state index contributed by atoms with van der Waals surface area (Å²) in [5.41, 5.74) is 5.01. The molecule has 0 atom stereocenters. The first kappa shape index (κ1) is 39.2. The van der Waals surface area contributed by atoms with E-state index in [0.29, 0.717) is 26.4 Å². The van der Waals surface area contributed by atoms with Gasteiger partial charge in [-0.1, -0.05) is 69.4 Å². The Hall–Kier alpha value is -5.20. The lowest BCUT2D eigenvalue weighted by molar-refractivity contribution is -0.138. The van der Waals surface area contributed by atoms with Crippen LogP contribution in [-0.4, -0.2) is 38.4 Å². The molecule has 0 N–H and O–H groups in total. The van der Waals surface area contributed by atoms with Gasteiger partial charge in [0.2, 0.25) is 0 Å². The van der Waals surface area contributed by atoms with E-state index in [-0.39, 0.29) is 11.9 Å². The van der Waals surface area contributed by atoms with Crippen LogP contribution >= 0.6 is 0 Å². The Labute approximate surface area is 298 Å². The van der Waals surface area contributed by atoms with Crippen LogP contribution in [0.2, 0.25) is 0 Å². The largest absolute Gasteiger partial charge is 0.494 e. The number of ether oxygens (including phenoxy) is 4. The van der Waals surface area contributed by atoms with E-state index < -0.39 is 0 Å². The Kier molecular flexibility index (Phi) is 18.8. The first-order valence-corrected chi connectivity index (χ1v) is 17.7.